The lowest BCUT2D eigenvalue weighted by Crippen LogP contribution is -2.42. The smallest absolute Gasteiger partial charge is 0.351 e. The zero-order valence-corrected chi connectivity index (χ0v) is 11.6. The van der Waals surface area contributed by atoms with E-state index in [2.05, 4.69) is 27.3 Å². The number of nitrogens with two attached hydrogens (primary N) is 1. The lowest BCUT2D eigenvalue weighted by molar-refractivity contribution is -0.383. The van der Waals surface area contributed by atoms with Gasteiger partial charge in [-0.05, 0) is 33.0 Å². The van der Waals surface area contributed by atoms with Gasteiger partial charge in [-0.2, -0.15) is 0 Å². The second-order valence-electron chi connectivity index (χ2n) is 4.94. The Morgan fingerprint density at radius 2 is 2.15 bits per heavy atom. The van der Waals surface area contributed by atoms with Crippen molar-refractivity contribution in [3.05, 3.63) is 16.4 Å². The summed E-state index contributed by atoms with van der Waals surface area (Å²) in [6.45, 7) is 1.94. The van der Waals surface area contributed by atoms with E-state index in [0.717, 1.165) is 25.9 Å². The van der Waals surface area contributed by atoms with Gasteiger partial charge in [0.25, 0.3) is 0 Å². The molecule has 0 atom stereocenters. The molecule has 9 heteroatoms. The van der Waals surface area contributed by atoms with Crippen LogP contribution in [0.25, 0.3) is 0 Å². The number of hydrazine groups is 1. The van der Waals surface area contributed by atoms with Gasteiger partial charge in [0.2, 0.25) is 11.6 Å². The predicted molar refractivity (Wildman–Crippen MR) is 75.4 cm³/mol. The van der Waals surface area contributed by atoms with E-state index in [9.17, 15) is 10.1 Å². The molecule has 0 aromatic carbocycles. The summed E-state index contributed by atoms with van der Waals surface area (Å²) in [5.41, 5.74) is 2.07. The molecule has 1 aliphatic rings. The van der Waals surface area contributed by atoms with E-state index >= 15 is 0 Å². The summed E-state index contributed by atoms with van der Waals surface area (Å²) in [7, 11) is 3.89. The van der Waals surface area contributed by atoms with Crippen molar-refractivity contribution < 1.29 is 4.92 Å². The molecule has 0 spiro atoms. The predicted octanol–water partition coefficient (Wildman–Crippen LogP) is 0.201. The molecular formula is C11H19N7O2. The molecule has 110 valence electrons. The molecule has 0 radical (unpaired) electrons. The molecule has 3 N–H and O–H groups in total. The minimum absolute atomic E-state index is 0.0276. The van der Waals surface area contributed by atoms with Gasteiger partial charge in [0.05, 0.1) is 4.92 Å². The maximum Gasteiger partial charge on any atom is 0.354 e. The molecular weight excluding hydrogens is 262 g/mol. The number of nitro groups is 1. The largest absolute Gasteiger partial charge is 0.354 e. The molecule has 1 aromatic heterocycles. The zero-order chi connectivity index (χ0) is 14.7. The molecule has 0 amide bonds. The van der Waals surface area contributed by atoms with Crippen LogP contribution in [0.4, 0.5) is 17.3 Å². The SMILES string of the molecule is CN1CCC(N(C)c2ncnc(NN)c2[N+](=O)[O-])CC1. The van der Waals surface area contributed by atoms with E-state index in [-0.39, 0.29) is 17.5 Å². The fraction of sp³-hybridized carbons (Fsp3) is 0.636. The van der Waals surface area contributed by atoms with Crippen LogP contribution in [0, 0.1) is 10.1 Å². The Hall–Kier alpha value is -2.00. The van der Waals surface area contributed by atoms with Gasteiger partial charge >= 0.3 is 5.69 Å². The van der Waals surface area contributed by atoms with Crippen LogP contribution in [0.3, 0.4) is 0 Å². The highest BCUT2D eigenvalue weighted by molar-refractivity contribution is 5.69. The van der Waals surface area contributed by atoms with Gasteiger partial charge < -0.3 is 15.2 Å². The van der Waals surface area contributed by atoms with Gasteiger partial charge in [0, 0.05) is 13.1 Å². The summed E-state index contributed by atoms with van der Waals surface area (Å²) in [6, 6.07) is 0.227. The number of rotatable bonds is 4. The van der Waals surface area contributed by atoms with Crippen LogP contribution < -0.4 is 16.2 Å². The highest BCUT2D eigenvalue weighted by Crippen LogP contribution is 2.32. The summed E-state index contributed by atoms with van der Waals surface area (Å²) in [5.74, 6) is 5.61. The molecule has 1 aromatic rings. The summed E-state index contributed by atoms with van der Waals surface area (Å²) in [5, 5.41) is 11.2. The highest BCUT2D eigenvalue weighted by atomic mass is 16.6. The Balaban J connectivity index is 2.29. The summed E-state index contributed by atoms with van der Waals surface area (Å²) in [4.78, 5) is 22.7. The summed E-state index contributed by atoms with van der Waals surface area (Å²) < 4.78 is 0. The Kier molecular flexibility index (Phi) is 4.30. The number of likely N-dealkylation sites (tertiary alicyclic amines) is 1. The highest BCUT2D eigenvalue weighted by Gasteiger charge is 2.29. The fourth-order valence-electron chi connectivity index (χ4n) is 2.46. The van der Waals surface area contributed by atoms with Crippen molar-refractivity contribution in [3.8, 4) is 0 Å². The van der Waals surface area contributed by atoms with Crippen molar-refractivity contribution in [2.75, 3.05) is 37.5 Å². The van der Waals surface area contributed by atoms with Crippen LogP contribution >= 0.6 is 0 Å². The van der Waals surface area contributed by atoms with Gasteiger partial charge in [-0.15, -0.1) is 0 Å². The van der Waals surface area contributed by atoms with Crippen LogP contribution in [-0.2, 0) is 0 Å². The van der Waals surface area contributed by atoms with Crippen LogP contribution in [-0.4, -0.2) is 53.0 Å². The number of nitrogen functional groups attached to an aromatic ring is 1. The average Bonchev–Trinajstić information content (AvgIpc) is 2.46. The first-order valence-electron chi connectivity index (χ1n) is 6.42. The second kappa shape index (κ2) is 5.97. The number of hydrogen-bond acceptors (Lipinski definition) is 8. The van der Waals surface area contributed by atoms with E-state index in [1.54, 1.807) is 0 Å². The van der Waals surface area contributed by atoms with E-state index in [4.69, 9.17) is 5.84 Å². The minimum atomic E-state index is -0.504. The topological polar surface area (TPSA) is 113 Å². The van der Waals surface area contributed by atoms with Gasteiger partial charge in [-0.25, -0.2) is 15.8 Å². The standard InChI is InChI=1S/C11H19N7O2/c1-16-5-3-8(4-6-16)17(2)11-9(18(19)20)10(15-12)13-7-14-11/h7-8H,3-6,12H2,1-2H3,(H,13,14,15). The normalized spacial score (nSPS) is 16.9. The quantitative estimate of drug-likeness (QED) is 0.457. The molecule has 1 saturated heterocycles. The average molecular weight is 281 g/mol. The van der Waals surface area contributed by atoms with Gasteiger partial charge in [0.1, 0.15) is 6.33 Å². The maximum absolute atomic E-state index is 11.2. The molecule has 1 aliphatic heterocycles. The van der Waals surface area contributed by atoms with Crippen molar-refractivity contribution in [2.45, 2.75) is 18.9 Å². The number of nitrogens with one attached hydrogen (secondary N) is 1. The van der Waals surface area contributed by atoms with Crippen molar-refractivity contribution in [3.63, 3.8) is 0 Å². The van der Waals surface area contributed by atoms with Gasteiger partial charge in [0.15, 0.2) is 0 Å². The first-order chi connectivity index (χ1) is 9.54. The molecule has 0 bridgehead atoms. The van der Waals surface area contributed by atoms with E-state index in [1.807, 2.05) is 11.9 Å². The molecule has 20 heavy (non-hydrogen) atoms. The molecule has 0 aliphatic carbocycles. The number of nitrogens with zero attached hydrogens (tertiary/aromatic N) is 5. The van der Waals surface area contributed by atoms with E-state index in [1.165, 1.54) is 6.33 Å². The van der Waals surface area contributed by atoms with Crippen molar-refractivity contribution >= 4 is 17.3 Å². The van der Waals surface area contributed by atoms with Crippen LogP contribution in [0.1, 0.15) is 12.8 Å². The third-order valence-corrected chi connectivity index (χ3v) is 3.69. The Labute approximate surface area is 116 Å². The van der Waals surface area contributed by atoms with Crippen LogP contribution in [0.15, 0.2) is 6.33 Å². The Morgan fingerprint density at radius 1 is 1.50 bits per heavy atom. The second-order valence-corrected chi connectivity index (χ2v) is 4.94. The Bertz CT molecular complexity index is 488. The van der Waals surface area contributed by atoms with E-state index in [0.29, 0.717) is 5.82 Å². The summed E-state index contributed by atoms with van der Waals surface area (Å²) >= 11 is 0. The van der Waals surface area contributed by atoms with Crippen molar-refractivity contribution in [2.24, 2.45) is 5.84 Å². The molecule has 2 heterocycles. The van der Waals surface area contributed by atoms with Crippen LogP contribution in [0.2, 0.25) is 0 Å². The third-order valence-electron chi connectivity index (χ3n) is 3.69. The third kappa shape index (κ3) is 2.78. The monoisotopic (exact) mass is 281 g/mol. The first-order valence-corrected chi connectivity index (χ1v) is 6.42. The number of aromatic nitrogens is 2. The van der Waals surface area contributed by atoms with Crippen LogP contribution in [0.5, 0.6) is 0 Å². The van der Waals surface area contributed by atoms with Gasteiger partial charge in [-0.1, -0.05) is 0 Å². The number of hydrogen-bond donors (Lipinski definition) is 2. The fourth-order valence-corrected chi connectivity index (χ4v) is 2.46. The van der Waals surface area contributed by atoms with Crippen molar-refractivity contribution in [1.82, 2.24) is 14.9 Å². The molecule has 9 nitrogen and oxygen atoms in total. The lowest BCUT2D eigenvalue weighted by Gasteiger charge is -2.35. The molecule has 0 saturated carbocycles. The first kappa shape index (κ1) is 14.4. The number of anilines is 2. The zero-order valence-electron chi connectivity index (χ0n) is 11.6. The lowest BCUT2D eigenvalue weighted by atomic mass is 10.0. The van der Waals surface area contributed by atoms with Gasteiger partial charge in [-0.3, -0.25) is 10.1 Å². The maximum atomic E-state index is 11.2. The summed E-state index contributed by atoms with van der Waals surface area (Å²) in [6.07, 6.45) is 3.17. The minimum Gasteiger partial charge on any atom is -0.351 e. The van der Waals surface area contributed by atoms with Crippen molar-refractivity contribution in [1.29, 1.82) is 0 Å². The molecule has 2 rings (SSSR count). The molecule has 0 unspecified atom stereocenters. The number of piperidine rings is 1. The van der Waals surface area contributed by atoms with E-state index < -0.39 is 4.92 Å². The molecule has 1 fully saturated rings. The Morgan fingerprint density at radius 3 is 2.70 bits per heavy atom.